The predicted octanol–water partition coefficient (Wildman–Crippen LogP) is 1.07. The maximum absolute atomic E-state index is 12.2. The lowest BCUT2D eigenvalue weighted by Crippen LogP contribution is -2.40. The highest BCUT2D eigenvalue weighted by Crippen LogP contribution is 2.38. The number of rotatable bonds is 4. The summed E-state index contributed by atoms with van der Waals surface area (Å²) in [5.41, 5.74) is 4.82. The number of nitrogens with zero attached hydrogens (tertiary/aromatic N) is 1. The monoisotopic (exact) mass is 306 g/mol. The second-order valence-corrected chi connectivity index (χ2v) is 5.11. The van der Waals surface area contributed by atoms with E-state index in [1.165, 1.54) is 32.2 Å². The summed E-state index contributed by atoms with van der Waals surface area (Å²) in [4.78, 5) is 23.7. The van der Waals surface area contributed by atoms with Gasteiger partial charge in [-0.3, -0.25) is 4.79 Å². The molecule has 0 spiro atoms. The summed E-state index contributed by atoms with van der Waals surface area (Å²) in [5, 5.41) is 19.2. The van der Waals surface area contributed by atoms with Crippen LogP contribution in [0.25, 0.3) is 0 Å². The molecule has 116 valence electrons. The second-order valence-electron chi connectivity index (χ2n) is 5.11. The number of nitriles is 1. The molecule has 3 N–H and O–H groups in total. The molecule has 0 saturated heterocycles. The topological polar surface area (TPSA) is 136 Å². The highest BCUT2D eigenvalue weighted by Gasteiger charge is 2.45. The highest BCUT2D eigenvalue weighted by molar-refractivity contribution is 5.93. The lowest BCUT2D eigenvalue weighted by molar-refractivity contribution is -0.222. The molecule has 1 aliphatic heterocycles. The minimum absolute atomic E-state index is 0.104. The van der Waals surface area contributed by atoms with E-state index in [1.807, 2.05) is 0 Å². The summed E-state index contributed by atoms with van der Waals surface area (Å²) in [7, 11) is 0. The normalized spacial score (nSPS) is 19.6. The Labute approximate surface area is 125 Å². The standard InChI is InChI=1S/C14H14N2O6/c1-14(2)21-12(18)10(13(19)22-14)9(7(6-15)11(16)17)8-4-3-5-20-8/h3-5,7,9,18H,1-2H3,(H2,16,17)/t7-,9-/m1/s1. The van der Waals surface area contributed by atoms with Gasteiger partial charge in [0.05, 0.1) is 18.3 Å². The van der Waals surface area contributed by atoms with Gasteiger partial charge in [-0.1, -0.05) is 0 Å². The first-order valence-corrected chi connectivity index (χ1v) is 6.34. The van der Waals surface area contributed by atoms with Crippen LogP contribution in [0.15, 0.2) is 34.3 Å². The van der Waals surface area contributed by atoms with Gasteiger partial charge in [0, 0.05) is 13.8 Å². The number of hydrogen-bond acceptors (Lipinski definition) is 7. The average molecular weight is 306 g/mol. The van der Waals surface area contributed by atoms with Crippen molar-refractivity contribution in [3.05, 3.63) is 35.7 Å². The van der Waals surface area contributed by atoms with E-state index in [9.17, 15) is 20.0 Å². The number of aliphatic hydroxyl groups is 1. The van der Waals surface area contributed by atoms with Crippen molar-refractivity contribution in [2.45, 2.75) is 25.6 Å². The number of esters is 1. The summed E-state index contributed by atoms with van der Waals surface area (Å²) in [5.74, 6) is -6.57. The largest absolute Gasteiger partial charge is 0.480 e. The number of furan rings is 1. The van der Waals surface area contributed by atoms with E-state index in [0.29, 0.717) is 0 Å². The van der Waals surface area contributed by atoms with Gasteiger partial charge in [0.1, 0.15) is 17.3 Å². The predicted molar refractivity (Wildman–Crippen MR) is 70.7 cm³/mol. The molecule has 8 heteroatoms. The van der Waals surface area contributed by atoms with Crippen LogP contribution in [0.5, 0.6) is 0 Å². The lowest BCUT2D eigenvalue weighted by Gasteiger charge is -2.33. The first-order chi connectivity index (χ1) is 10.3. The summed E-state index contributed by atoms with van der Waals surface area (Å²) in [6, 6.07) is 4.66. The second kappa shape index (κ2) is 5.44. The molecule has 0 bridgehead atoms. The van der Waals surface area contributed by atoms with Gasteiger partial charge in [0.25, 0.3) is 11.7 Å². The van der Waals surface area contributed by atoms with Gasteiger partial charge in [-0.15, -0.1) is 0 Å². The van der Waals surface area contributed by atoms with Gasteiger partial charge in [0.2, 0.25) is 5.91 Å². The number of primary amides is 1. The zero-order valence-corrected chi connectivity index (χ0v) is 11.9. The minimum Gasteiger partial charge on any atom is -0.480 e. The highest BCUT2D eigenvalue weighted by atomic mass is 16.8. The maximum Gasteiger partial charge on any atom is 0.345 e. The molecule has 1 aliphatic rings. The fraction of sp³-hybridized carbons (Fsp3) is 0.357. The number of amides is 1. The molecule has 2 atom stereocenters. The molecule has 0 aliphatic carbocycles. The van der Waals surface area contributed by atoms with E-state index in [2.05, 4.69) is 0 Å². The van der Waals surface area contributed by atoms with Crippen LogP contribution < -0.4 is 5.73 Å². The van der Waals surface area contributed by atoms with Crippen molar-refractivity contribution in [2.75, 3.05) is 0 Å². The van der Waals surface area contributed by atoms with Gasteiger partial charge < -0.3 is 24.7 Å². The number of aliphatic hydroxyl groups excluding tert-OH is 1. The van der Waals surface area contributed by atoms with Crippen molar-refractivity contribution >= 4 is 11.9 Å². The first kappa shape index (κ1) is 15.4. The fourth-order valence-corrected chi connectivity index (χ4v) is 2.18. The summed E-state index contributed by atoms with van der Waals surface area (Å²) < 4.78 is 15.3. The Morgan fingerprint density at radius 3 is 2.59 bits per heavy atom. The Bertz CT molecular complexity index is 668. The third-order valence-corrected chi connectivity index (χ3v) is 3.07. The number of nitrogens with two attached hydrogens (primary N) is 1. The lowest BCUT2D eigenvalue weighted by atomic mass is 9.84. The molecule has 22 heavy (non-hydrogen) atoms. The molecule has 1 amide bonds. The summed E-state index contributed by atoms with van der Waals surface area (Å²) >= 11 is 0. The van der Waals surface area contributed by atoms with Crippen molar-refractivity contribution in [3.63, 3.8) is 0 Å². The van der Waals surface area contributed by atoms with Crippen LogP contribution in [0.4, 0.5) is 0 Å². The first-order valence-electron chi connectivity index (χ1n) is 6.34. The Morgan fingerprint density at radius 1 is 1.45 bits per heavy atom. The molecule has 0 unspecified atom stereocenters. The Hall–Kier alpha value is -2.95. The molecular formula is C14H14N2O6. The van der Waals surface area contributed by atoms with Crippen molar-refractivity contribution in [1.82, 2.24) is 0 Å². The molecule has 1 aromatic rings. The third-order valence-electron chi connectivity index (χ3n) is 3.07. The maximum atomic E-state index is 12.2. The van der Waals surface area contributed by atoms with Crippen LogP contribution in [0.2, 0.25) is 0 Å². The molecule has 1 aromatic heterocycles. The number of carbonyl (C=O) groups excluding carboxylic acids is 2. The summed E-state index contributed by atoms with van der Waals surface area (Å²) in [6.07, 6.45) is 1.30. The van der Waals surface area contributed by atoms with Crippen molar-refractivity contribution in [2.24, 2.45) is 11.7 Å². The SMILES string of the molecule is CC1(C)OC(=O)C([C@@H](c2ccco2)[C@@H](C#N)C(N)=O)=C(O)O1. The van der Waals surface area contributed by atoms with Crippen LogP contribution >= 0.6 is 0 Å². The Kier molecular flexibility index (Phi) is 3.82. The number of cyclic esters (lactones) is 1. The van der Waals surface area contributed by atoms with Gasteiger partial charge in [0.15, 0.2) is 0 Å². The molecule has 0 aromatic carbocycles. The van der Waals surface area contributed by atoms with Crippen molar-refractivity contribution in [1.29, 1.82) is 5.26 Å². The smallest absolute Gasteiger partial charge is 0.345 e. The van der Waals surface area contributed by atoms with Crippen LogP contribution in [-0.4, -0.2) is 22.8 Å². The summed E-state index contributed by atoms with van der Waals surface area (Å²) in [6.45, 7) is 2.85. The zero-order chi connectivity index (χ0) is 16.5. The Balaban J connectivity index is 2.58. The van der Waals surface area contributed by atoms with Crippen molar-refractivity contribution in [3.8, 4) is 6.07 Å². The van der Waals surface area contributed by atoms with E-state index < -0.39 is 35.4 Å². The van der Waals surface area contributed by atoms with Crippen LogP contribution in [0.3, 0.4) is 0 Å². The molecular weight excluding hydrogens is 292 g/mol. The number of hydrogen-bond donors (Lipinski definition) is 2. The van der Waals surface area contributed by atoms with Crippen LogP contribution in [0, 0.1) is 17.2 Å². The van der Waals surface area contributed by atoms with E-state index in [4.69, 9.17) is 19.6 Å². The number of carbonyl (C=O) groups is 2. The van der Waals surface area contributed by atoms with E-state index in [0.717, 1.165) is 0 Å². The molecule has 2 heterocycles. The van der Waals surface area contributed by atoms with E-state index in [-0.39, 0.29) is 11.3 Å². The zero-order valence-electron chi connectivity index (χ0n) is 11.9. The minimum atomic E-state index is -1.44. The fourth-order valence-electron chi connectivity index (χ4n) is 2.18. The van der Waals surface area contributed by atoms with E-state index >= 15 is 0 Å². The van der Waals surface area contributed by atoms with Gasteiger partial charge in [-0.2, -0.15) is 5.26 Å². The van der Waals surface area contributed by atoms with Gasteiger partial charge >= 0.3 is 5.97 Å². The van der Waals surface area contributed by atoms with Crippen LogP contribution in [-0.2, 0) is 19.1 Å². The van der Waals surface area contributed by atoms with Gasteiger partial charge in [-0.25, -0.2) is 4.79 Å². The van der Waals surface area contributed by atoms with Gasteiger partial charge in [-0.05, 0) is 12.1 Å². The molecule has 0 saturated carbocycles. The quantitative estimate of drug-likeness (QED) is 0.794. The molecule has 8 nitrogen and oxygen atoms in total. The third kappa shape index (κ3) is 2.74. The van der Waals surface area contributed by atoms with E-state index in [1.54, 1.807) is 6.07 Å². The number of ether oxygens (including phenoxy) is 2. The van der Waals surface area contributed by atoms with Crippen LogP contribution in [0.1, 0.15) is 25.5 Å². The molecule has 2 rings (SSSR count). The molecule has 0 radical (unpaired) electrons. The Morgan fingerprint density at radius 2 is 2.14 bits per heavy atom. The average Bonchev–Trinajstić information content (AvgIpc) is 2.88. The van der Waals surface area contributed by atoms with Crippen molar-refractivity contribution < 1.29 is 28.6 Å². The molecule has 0 fully saturated rings.